The molecule has 18 rings (SSSR count). The summed E-state index contributed by atoms with van der Waals surface area (Å²) >= 11 is 0. The molecule has 634 valence electrons. The van der Waals surface area contributed by atoms with Crippen molar-refractivity contribution in [3.63, 3.8) is 0 Å². The normalized spacial score (nSPS) is 13.7. The van der Waals surface area contributed by atoms with Crippen LogP contribution in [0.4, 0.5) is 23.3 Å². The van der Waals surface area contributed by atoms with Crippen LogP contribution in [0.3, 0.4) is 0 Å². The van der Waals surface area contributed by atoms with Crippen LogP contribution in [0.2, 0.25) is 0 Å². The van der Waals surface area contributed by atoms with Gasteiger partial charge in [0.15, 0.2) is 0 Å². The molecule has 0 saturated carbocycles. The number of ether oxygens (including phenoxy) is 1. The SMILES string of the molecule is Cc1cc(C)c2ccc(/C=C/c3ccc(N4CCNCC4)nc3)nc2c1O.Cc1cc(C)c2ccc(/C=C/c3ccc(N4CCOCC4)nc3)nc2c1O.Cc1cc(C)c2ccc(/C=C/c3cccnc3N)nc2c1O.Cc1cc(C)c2ccc(/C=C/c3cccnc3N3CCCCC3)nc2c1O.Cc1ccc(/C=C/c2ccc3c(C)cc(C)c(O)c3n2)cn1. The van der Waals surface area contributed by atoms with E-state index in [1.54, 1.807) is 6.20 Å². The summed E-state index contributed by atoms with van der Waals surface area (Å²) in [4.78, 5) is 52.0. The highest BCUT2D eigenvalue weighted by molar-refractivity contribution is 5.94. The van der Waals surface area contributed by atoms with Crippen LogP contribution in [0.25, 0.3) is 115 Å². The largest absolute Gasteiger partial charge is 0.505 e. The quantitative estimate of drug-likeness (QED) is 0.0564. The first-order valence-electron chi connectivity index (χ1n) is 42.4. The number of hydrogen-bond acceptors (Lipinski definition) is 21. The van der Waals surface area contributed by atoms with Crippen LogP contribution >= 0.6 is 0 Å². The Kier molecular flexibility index (Phi) is 28.0. The summed E-state index contributed by atoms with van der Waals surface area (Å²) < 4.78 is 5.38. The monoisotopic (exact) mass is 1660 g/mol. The number of benzene rings is 5. The van der Waals surface area contributed by atoms with Crippen molar-refractivity contribution in [3.8, 4) is 28.7 Å². The second-order valence-electron chi connectivity index (χ2n) is 32.0. The fraction of sp³-hybridized carbons (Fsp3) is 0.231. The van der Waals surface area contributed by atoms with Gasteiger partial charge in [-0.05, 0) is 295 Å². The average Bonchev–Trinajstić information content (AvgIpc) is 0.806. The van der Waals surface area contributed by atoms with E-state index in [2.05, 4.69) is 100 Å². The Labute approximate surface area is 730 Å². The van der Waals surface area contributed by atoms with Gasteiger partial charge in [-0.2, -0.15) is 0 Å². The Hall–Kier alpha value is -14.3. The summed E-state index contributed by atoms with van der Waals surface area (Å²) in [6.45, 7) is 31.0. The van der Waals surface area contributed by atoms with E-state index >= 15 is 0 Å². The van der Waals surface area contributed by atoms with Crippen molar-refractivity contribution in [2.45, 2.75) is 95.4 Å². The van der Waals surface area contributed by atoms with E-state index in [1.807, 2.05) is 283 Å². The van der Waals surface area contributed by atoms with Gasteiger partial charge in [0, 0.05) is 127 Å². The van der Waals surface area contributed by atoms with E-state index in [0.29, 0.717) is 33.4 Å². The molecule has 5 aromatic carbocycles. The fourth-order valence-electron chi connectivity index (χ4n) is 15.6. The van der Waals surface area contributed by atoms with Gasteiger partial charge in [0.2, 0.25) is 0 Å². The summed E-state index contributed by atoms with van der Waals surface area (Å²) in [6, 6.07) is 49.8. The van der Waals surface area contributed by atoms with E-state index in [1.165, 1.54) is 19.3 Å². The lowest BCUT2D eigenvalue weighted by molar-refractivity contribution is 0.122. The van der Waals surface area contributed by atoms with Gasteiger partial charge in [-0.25, -0.2) is 44.9 Å². The van der Waals surface area contributed by atoms with E-state index < -0.39 is 0 Å². The standard InChI is InChI=1S/C23H25N3O.C22H24N4O.C22H23N3O2.C19H18N2O.C18H17N3O/c1-16-15-17(2)22(27)21-20(16)11-10-19(25-21)9-8-18-7-6-12-24-23(18)26-13-4-3-5-14-26;1-15-13-16(2)22(27)21-19(15)7-6-18(25-21)5-3-17-4-8-20(24-14-17)26-11-9-23-10-12-26;1-15-13-16(2)22(26)21-19(15)7-6-18(24-21)5-3-17-4-8-20(23-14-17)25-9-11-27-12-10-25;1-12-10-13(2)19(22)18-17(12)9-8-16(21-18)7-6-15-5-4-14(3)20-11-15;1-11-10-12(2)17(22)16-15(11)8-7-14(21-16)6-5-13-4-3-9-20-18(13)19/h6-12,15,27H,3-5,13-14H2,1-2H3;3-8,13-14,23,27H,9-12H2,1-2H3;3-8,13-14,26H,9-12H2,1-2H3;4-11,22H,1-3H3;3-10,22H,1-2H3,(H2,19,20)/b9-8+;2*5-3+;7-6+;6-5+. The van der Waals surface area contributed by atoms with Gasteiger partial charge in [0.25, 0.3) is 0 Å². The van der Waals surface area contributed by atoms with E-state index in [9.17, 15) is 25.5 Å². The van der Waals surface area contributed by atoms with Crippen molar-refractivity contribution < 1.29 is 30.3 Å². The smallest absolute Gasteiger partial charge is 0.144 e. The number of pyridine rings is 10. The summed E-state index contributed by atoms with van der Waals surface area (Å²) in [6.07, 6.45) is 32.5. The third-order valence-corrected chi connectivity index (χ3v) is 22.7. The Morgan fingerprint density at radius 2 is 0.656 bits per heavy atom. The molecular weight excluding hydrogens is 1560 g/mol. The molecule has 0 unspecified atom stereocenters. The number of hydrogen-bond donors (Lipinski definition) is 7. The van der Waals surface area contributed by atoms with Gasteiger partial charge >= 0.3 is 0 Å². The summed E-state index contributed by atoms with van der Waals surface area (Å²) in [7, 11) is 0. The van der Waals surface area contributed by atoms with Gasteiger partial charge in [-0.3, -0.25) is 4.98 Å². The van der Waals surface area contributed by atoms with Gasteiger partial charge in [-0.15, -0.1) is 0 Å². The van der Waals surface area contributed by atoms with Gasteiger partial charge in [0.05, 0.1) is 41.7 Å². The van der Waals surface area contributed by atoms with Crippen molar-refractivity contribution in [3.05, 3.63) is 300 Å². The number of piperidine rings is 1. The Morgan fingerprint density at radius 3 is 1.01 bits per heavy atom. The molecule has 0 bridgehead atoms. The predicted molar refractivity (Wildman–Crippen MR) is 514 cm³/mol. The van der Waals surface area contributed by atoms with E-state index in [-0.39, 0.29) is 28.7 Å². The van der Waals surface area contributed by atoms with Crippen LogP contribution < -0.4 is 25.8 Å². The van der Waals surface area contributed by atoms with Crippen LogP contribution in [0.1, 0.15) is 137 Å². The number of phenols is 5. The van der Waals surface area contributed by atoms with Crippen LogP contribution in [0, 0.1) is 76.2 Å². The average molecular weight is 1660 g/mol. The minimum atomic E-state index is 0.233. The Morgan fingerprint density at radius 1 is 0.320 bits per heavy atom. The lowest BCUT2D eigenvalue weighted by Gasteiger charge is -2.28. The van der Waals surface area contributed by atoms with Crippen LogP contribution in [-0.4, -0.2) is 141 Å². The third-order valence-electron chi connectivity index (χ3n) is 22.7. The Balaban J connectivity index is 0.000000127. The first kappa shape index (κ1) is 87.1. The molecule has 125 heavy (non-hydrogen) atoms. The second kappa shape index (κ2) is 40.2. The minimum absolute atomic E-state index is 0.233. The van der Waals surface area contributed by atoms with E-state index in [0.717, 1.165) is 228 Å². The number of morpholine rings is 1. The molecule has 3 saturated heterocycles. The fourth-order valence-corrected chi connectivity index (χ4v) is 15.6. The molecule has 0 aliphatic carbocycles. The van der Waals surface area contributed by atoms with E-state index in [4.69, 9.17) is 10.5 Å². The molecular formula is C104H107N15O6. The first-order chi connectivity index (χ1) is 60.5. The third kappa shape index (κ3) is 21.4. The lowest BCUT2D eigenvalue weighted by atomic mass is 10.0. The van der Waals surface area contributed by atoms with Crippen LogP contribution in [0.15, 0.2) is 183 Å². The molecule has 0 radical (unpaired) electrons. The number of phenolic OH excluding ortho intramolecular Hbond substituents is 5. The highest BCUT2D eigenvalue weighted by atomic mass is 16.5. The maximum Gasteiger partial charge on any atom is 0.144 e. The van der Waals surface area contributed by atoms with Gasteiger partial charge in [0.1, 0.15) is 79.6 Å². The summed E-state index contributed by atoms with van der Waals surface area (Å²) in [5.41, 5.74) is 28.9. The minimum Gasteiger partial charge on any atom is -0.505 e. The first-order valence-corrected chi connectivity index (χ1v) is 42.4. The Bertz CT molecular complexity index is 6410. The number of rotatable bonds is 13. The predicted octanol–water partition coefficient (Wildman–Crippen LogP) is 20.7. The number of nitrogens with zero attached hydrogens (tertiary/aromatic N) is 13. The molecule has 3 fully saturated rings. The lowest BCUT2D eigenvalue weighted by Crippen LogP contribution is -2.43. The number of aryl methyl sites for hydroxylation is 11. The van der Waals surface area contributed by atoms with Crippen molar-refractivity contribution in [1.29, 1.82) is 0 Å². The van der Waals surface area contributed by atoms with Crippen molar-refractivity contribution in [2.75, 3.05) is 86.0 Å². The number of nitrogens with two attached hydrogens (primary N) is 1. The molecule has 13 heterocycles. The maximum atomic E-state index is 10.4. The van der Waals surface area contributed by atoms with Gasteiger partial charge < -0.3 is 56.0 Å². The molecule has 3 aliphatic heterocycles. The summed E-state index contributed by atoms with van der Waals surface area (Å²) in [5.74, 6) is 4.79. The van der Waals surface area contributed by atoms with Crippen molar-refractivity contribution in [1.82, 2.24) is 55.2 Å². The summed E-state index contributed by atoms with van der Waals surface area (Å²) in [5, 5.41) is 59.8. The number of aromatic hydroxyl groups is 5. The molecule has 21 nitrogen and oxygen atoms in total. The number of piperazine rings is 1. The molecule has 8 N–H and O–H groups in total. The molecule has 0 atom stereocenters. The van der Waals surface area contributed by atoms with Crippen LogP contribution in [-0.2, 0) is 4.74 Å². The highest BCUT2D eigenvalue weighted by Crippen LogP contribution is 2.37. The maximum absolute atomic E-state index is 10.4. The van der Waals surface area contributed by atoms with Crippen molar-refractivity contribution >= 4 is 139 Å². The van der Waals surface area contributed by atoms with Crippen molar-refractivity contribution in [2.24, 2.45) is 0 Å². The number of nitrogens with one attached hydrogen (secondary N) is 1. The zero-order valence-electron chi connectivity index (χ0n) is 72.8. The molecule has 21 heteroatoms. The van der Waals surface area contributed by atoms with Gasteiger partial charge in [-0.1, -0.05) is 85.0 Å². The van der Waals surface area contributed by atoms with Crippen LogP contribution in [0.5, 0.6) is 28.7 Å². The highest BCUT2D eigenvalue weighted by Gasteiger charge is 2.19. The molecule has 10 aromatic heterocycles. The molecule has 0 spiro atoms. The molecule has 0 amide bonds. The molecule has 3 aliphatic rings. The number of fused-ring (bicyclic) bond motifs is 5. The topological polar surface area (TPSA) is 287 Å². The zero-order chi connectivity index (χ0) is 87.8. The second-order valence-corrected chi connectivity index (χ2v) is 32.0. The zero-order valence-corrected chi connectivity index (χ0v) is 72.8. The number of aromatic nitrogens is 10. The number of anilines is 4. The number of nitrogen functional groups attached to an aromatic ring is 1. The molecule has 15 aromatic rings.